The van der Waals surface area contributed by atoms with Gasteiger partial charge in [-0.15, -0.1) is 12.4 Å². The Labute approximate surface area is 177 Å². The Bertz CT molecular complexity index is 818. The van der Waals surface area contributed by atoms with Crippen LogP contribution in [-0.4, -0.2) is 41.4 Å². The van der Waals surface area contributed by atoms with Gasteiger partial charge in [0.25, 0.3) is 0 Å². The maximum Gasteiger partial charge on any atom is 0.358 e. The fourth-order valence-corrected chi connectivity index (χ4v) is 3.62. The smallest absolute Gasteiger partial charge is 0.358 e. The first-order valence-corrected chi connectivity index (χ1v) is 9.91. The molecular weight excluding hydrogens is 392 g/mol. The number of nitrogens with zero attached hydrogens (tertiary/aromatic N) is 2. The number of benzene rings is 1. The predicted molar refractivity (Wildman–Crippen MR) is 115 cm³/mol. The third-order valence-corrected chi connectivity index (χ3v) is 5.19. The van der Waals surface area contributed by atoms with Crippen LogP contribution >= 0.6 is 12.4 Å². The zero-order valence-corrected chi connectivity index (χ0v) is 17.7. The second-order valence-electron chi connectivity index (χ2n) is 7.20. The lowest BCUT2D eigenvalue weighted by atomic mass is 9.84. The lowest BCUT2D eigenvalue weighted by Gasteiger charge is -2.28. The molecule has 7 nitrogen and oxygen atoms in total. The van der Waals surface area contributed by atoms with Crippen LogP contribution in [0.3, 0.4) is 0 Å². The van der Waals surface area contributed by atoms with Crippen LogP contribution in [0.25, 0.3) is 5.69 Å². The molecule has 2 heterocycles. The number of ether oxygens (including phenoxy) is 1. The van der Waals surface area contributed by atoms with E-state index in [1.54, 1.807) is 23.9 Å². The molecule has 1 amide bonds. The first-order valence-electron chi connectivity index (χ1n) is 9.91. The molecule has 1 aromatic heterocycles. The highest BCUT2D eigenvalue weighted by atomic mass is 35.5. The highest BCUT2D eigenvalue weighted by Crippen LogP contribution is 2.26. The normalized spacial score (nSPS) is 15.2. The first kappa shape index (κ1) is 22.9. The van der Waals surface area contributed by atoms with Crippen LogP contribution in [0, 0.1) is 11.8 Å². The quantitative estimate of drug-likeness (QED) is 0.670. The third-order valence-electron chi connectivity index (χ3n) is 5.19. The third kappa shape index (κ3) is 6.05. The Balaban J connectivity index is 0.00000300. The Hall–Kier alpha value is -2.38. The lowest BCUT2D eigenvalue weighted by molar-refractivity contribution is -0.117. The van der Waals surface area contributed by atoms with Gasteiger partial charge in [0.05, 0.1) is 18.0 Å². The van der Waals surface area contributed by atoms with Gasteiger partial charge >= 0.3 is 5.97 Å². The second kappa shape index (κ2) is 11.0. The summed E-state index contributed by atoms with van der Waals surface area (Å²) in [4.78, 5) is 24.5. The number of amides is 1. The predicted octanol–water partition coefficient (Wildman–Crippen LogP) is 3.44. The molecule has 1 aliphatic heterocycles. The summed E-state index contributed by atoms with van der Waals surface area (Å²) in [5.41, 5.74) is 1.62. The van der Waals surface area contributed by atoms with Crippen molar-refractivity contribution < 1.29 is 14.3 Å². The van der Waals surface area contributed by atoms with E-state index in [9.17, 15) is 9.59 Å². The number of anilines is 1. The minimum Gasteiger partial charge on any atom is -0.461 e. The van der Waals surface area contributed by atoms with Crippen molar-refractivity contribution in [1.29, 1.82) is 0 Å². The zero-order valence-electron chi connectivity index (χ0n) is 16.9. The van der Waals surface area contributed by atoms with Gasteiger partial charge in [0.15, 0.2) is 5.69 Å². The number of aromatic nitrogens is 2. The number of carbonyl (C=O) groups is 2. The van der Waals surface area contributed by atoms with E-state index < -0.39 is 5.97 Å². The Kier molecular flexibility index (Phi) is 8.67. The maximum atomic E-state index is 12.6. The van der Waals surface area contributed by atoms with Gasteiger partial charge in [-0.3, -0.25) is 4.79 Å². The summed E-state index contributed by atoms with van der Waals surface area (Å²) in [6, 6.07) is 9.04. The molecule has 1 unspecified atom stereocenters. The number of carbonyl (C=O) groups excluding carboxylic acids is 2. The minimum atomic E-state index is -0.460. The van der Waals surface area contributed by atoms with Crippen LogP contribution in [0.5, 0.6) is 0 Å². The van der Waals surface area contributed by atoms with Crippen LogP contribution in [0.4, 0.5) is 5.69 Å². The number of nitrogens with one attached hydrogen (secondary N) is 2. The molecule has 3 rings (SSSR count). The Morgan fingerprint density at radius 2 is 2.00 bits per heavy atom. The van der Waals surface area contributed by atoms with E-state index in [1.165, 1.54) is 0 Å². The Morgan fingerprint density at radius 3 is 2.72 bits per heavy atom. The number of halogens is 1. The molecule has 1 fully saturated rings. The van der Waals surface area contributed by atoms with Crippen molar-refractivity contribution in [2.45, 2.75) is 33.1 Å². The van der Waals surface area contributed by atoms with Crippen molar-refractivity contribution in [2.24, 2.45) is 11.8 Å². The van der Waals surface area contributed by atoms with Crippen molar-refractivity contribution in [3.05, 3.63) is 42.2 Å². The molecule has 1 atom stereocenters. The van der Waals surface area contributed by atoms with Gasteiger partial charge in [0.1, 0.15) is 0 Å². The fraction of sp³-hybridized carbons (Fsp3) is 0.476. The van der Waals surface area contributed by atoms with Gasteiger partial charge in [0, 0.05) is 12.6 Å². The highest BCUT2D eigenvalue weighted by Gasteiger charge is 2.22. The molecule has 158 valence electrons. The van der Waals surface area contributed by atoms with Gasteiger partial charge in [-0.1, -0.05) is 19.1 Å². The molecule has 29 heavy (non-hydrogen) atoms. The van der Waals surface area contributed by atoms with Crippen LogP contribution in [0.15, 0.2) is 36.5 Å². The first-order chi connectivity index (χ1) is 13.6. The summed E-state index contributed by atoms with van der Waals surface area (Å²) in [7, 11) is 0. The van der Waals surface area contributed by atoms with Crippen LogP contribution in [-0.2, 0) is 9.53 Å². The van der Waals surface area contributed by atoms with Crippen molar-refractivity contribution in [2.75, 3.05) is 25.0 Å². The summed E-state index contributed by atoms with van der Waals surface area (Å²) in [5, 5.41) is 10.7. The SMILES string of the molecule is CCOC(=O)c1ccn(-c2ccccc2NC(=O)CC(C)C2CCNCC2)n1.Cl. The zero-order chi connectivity index (χ0) is 19.9. The van der Waals surface area contributed by atoms with E-state index >= 15 is 0 Å². The molecule has 0 radical (unpaired) electrons. The molecular formula is C21H29ClN4O3. The molecule has 8 heteroatoms. The summed E-state index contributed by atoms with van der Waals surface area (Å²) in [6.45, 7) is 6.27. The molecule has 1 saturated heterocycles. The van der Waals surface area contributed by atoms with Gasteiger partial charge < -0.3 is 15.4 Å². The topological polar surface area (TPSA) is 85.2 Å². The van der Waals surface area contributed by atoms with E-state index in [1.807, 2.05) is 24.3 Å². The molecule has 0 aliphatic carbocycles. The molecule has 0 spiro atoms. The van der Waals surface area contributed by atoms with Crippen molar-refractivity contribution in [3.63, 3.8) is 0 Å². The highest BCUT2D eigenvalue weighted by molar-refractivity contribution is 5.93. The number of esters is 1. The summed E-state index contributed by atoms with van der Waals surface area (Å²) in [5.74, 6) is 0.463. The molecule has 2 aromatic rings. The van der Waals surface area contributed by atoms with Crippen LogP contribution in [0.1, 0.15) is 43.6 Å². The van der Waals surface area contributed by atoms with Crippen LogP contribution < -0.4 is 10.6 Å². The van der Waals surface area contributed by atoms with Gasteiger partial charge in [-0.25, -0.2) is 9.48 Å². The van der Waals surface area contributed by atoms with Gasteiger partial charge in [-0.2, -0.15) is 5.10 Å². The number of piperidine rings is 1. The molecule has 2 N–H and O–H groups in total. The minimum absolute atomic E-state index is 0. The number of para-hydroxylation sites is 2. The summed E-state index contributed by atoms with van der Waals surface area (Å²) in [6.07, 6.45) is 4.42. The number of hydrogen-bond acceptors (Lipinski definition) is 5. The maximum absolute atomic E-state index is 12.6. The molecule has 1 aliphatic rings. The fourth-order valence-electron chi connectivity index (χ4n) is 3.62. The number of rotatable bonds is 7. The van der Waals surface area contributed by atoms with Gasteiger partial charge in [0.2, 0.25) is 5.91 Å². The van der Waals surface area contributed by atoms with Crippen molar-refractivity contribution in [3.8, 4) is 5.69 Å². The van der Waals surface area contributed by atoms with Crippen molar-refractivity contribution in [1.82, 2.24) is 15.1 Å². The summed E-state index contributed by atoms with van der Waals surface area (Å²) < 4.78 is 6.57. The number of hydrogen-bond donors (Lipinski definition) is 2. The Morgan fingerprint density at radius 1 is 1.28 bits per heavy atom. The average Bonchev–Trinajstić information content (AvgIpc) is 3.19. The van der Waals surface area contributed by atoms with Crippen molar-refractivity contribution >= 4 is 30.0 Å². The van der Waals surface area contributed by atoms with Gasteiger partial charge in [-0.05, 0) is 62.9 Å². The molecule has 0 saturated carbocycles. The standard InChI is InChI=1S/C21H28N4O3.ClH/c1-3-28-21(27)18-10-13-25(24-18)19-7-5-4-6-17(19)23-20(26)14-15(2)16-8-11-22-12-9-16;/h4-7,10,13,15-16,22H,3,8-9,11-12,14H2,1-2H3,(H,23,26);1H. The lowest BCUT2D eigenvalue weighted by Crippen LogP contribution is -2.32. The van der Waals surface area contributed by atoms with E-state index in [0.29, 0.717) is 36.2 Å². The van der Waals surface area contributed by atoms with E-state index in [4.69, 9.17) is 4.74 Å². The molecule has 1 aromatic carbocycles. The van der Waals surface area contributed by atoms with E-state index in [0.717, 1.165) is 25.9 Å². The largest absolute Gasteiger partial charge is 0.461 e. The monoisotopic (exact) mass is 420 g/mol. The molecule has 0 bridgehead atoms. The second-order valence-corrected chi connectivity index (χ2v) is 7.20. The van der Waals surface area contributed by atoms with Crippen LogP contribution in [0.2, 0.25) is 0 Å². The van der Waals surface area contributed by atoms with E-state index in [2.05, 4.69) is 22.7 Å². The average molecular weight is 421 g/mol. The van der Waals surface area contributed by atoms with E-state index in [-0.39, 0.29) is 24.0 Å². The summed E-state index contributed by atoms with van der Waals surface area (Å²) >= 11 is 0.